The molecule has 0 bridgehead atoms. The van der Waals surface area contributed by atoms with Crippen LogP contribution in [0.3, 0.4) is 0 Å². The maximum atomic E-state index is 5.68. The summed E-state index contributed by atoms with van der Waals surface area (Å²) < 4.78 is 5.68. The zero-order valence-electron chi connectivity index (χ0n) is 13.2. The molecule has 0 aromatic heterocycles. The molecule has 0 aliphatic carbocycles. The molecule has 0 saturated carbocycles. The van der Waals surface area contributed by atoms with Crippen LogP contribution in [0.2, 0.25) is 0 Å². The summed E-state index contributed by atoms with van der Waals surface area (Å²) in [5.74, 6) is 0.930. The summed E-state index contributed by atoms with van der Waals surface area (Å²) in [4.78, 5) is 0.327. The minimum Gasteiger partial charge on any atom is -0.491 e. The van der Waals surface area contributed by atoms with E-state index in [2.05, 4.69) is 60.1 Å². The van der Waals surface area contributed by atoms with Gasteiger partial charge in [-0.3, -0.25) is 0 Å². The van der Waals surface area contributed by atoms with Crippen LogP contribution in [0.5, 0.6) is 5.75 Å². The first-order valence-corrected chi connectivity index (χ1v) is 8.34. The van der Waals surface area contributed by atoms with Gasteiger partial charge in [0, 0.05) is 4.83 Å². The Morgan fingerprint density at radius 3 is 2.19 bits per heavy atom. The van der Waals surface area contributed by atoms with Gasteiger partial charge in [0.1, 0.15) is 5.75 Å². The summed E-state index contributed by atoms with van der Waals surface area (Å²) in [7, 11) is 0. The van der Waals surface area contributed by atoms with E-state index < -0.39 is 0 Å². The third-order valence-corrected chi connectivity index (χ3v) is 4.45. The standard InChI is InChI=1S/C19H23BrO/c1-13(2)21-18-9-7-17(8-10-18)19(20)12-16-6-5-14(3)15(4)11-16/h5-11,13,19H,12H2,1-4H3. The minimum absolute atomic E-state index is 0.214. The molecule has 2 heteroatoms. The van der Waals surface area contributed by atoms with Crippen LogP contribution in [0.15, 0.2) is 42.5 Å². The van der Waals surface area contributed by atoms with Crippen molar-refractivity contribution < 1.29 is 4.74 Å². The fraction of sp³-hybridized carbons (Fsp3) is 0.368. The zero-order chi connectivity index (χ0) is 15.4. The third kappa shape index (κ3) is 4.60. The number of ether oxygens (including phenoxy) is 1. The molecule has 2 aromatic carbocycles. The van der Waals surface area contributed by atoms with Crippen LogP contribution in [0.4, 0.5) is 0 Å². The molecule has 0 saturated heterocycles. The highest BCUT2D eigenvalue weighted by Gasteiger charge is 2.09. The SMILES string of the molecule is Cc1ccc(CC(Br)c2ccc(OC(C)C)cc2)cc1C. The fourth-order valence-corrected chi connectivity index (χ4v) is 2.96. The Labute approximate surface area is 136 Å². The number of rotatable bonds is 5. The monoisotopic (exact) mass is 346 g/mol. The van der Waals surface area contributed by atoms with Crippen molar-refractivity contribution in [1.29, 1.82) is 0 Å². The highest BCUT2D eigenvalue weighted by atomic mass is 79.9. The zero-order valence-corrected chi connectivity index (χ0v) is 14.8. The lowest BCUT2D eigenvalue weighted by atomic mass is 10.0. The highest BCUT2D eigenvalue weighted by molar-refractivity contribution is 9.09. The van der Waals surface area contributed by atoms with Crippen LogP contribution in [0, 0.1) is 13.8 Å². The molecule has 0 heterocycles. The van der Waals surface area contributed by atoms with Gasteiger partial charge in [0.15, 0.2) is 0 Å². The molecule has 0 N–H and O–H groups in total. The van der Waals surface area contributed by atoms with E-state index in [0.29, 0.717) is 4.83 Å². The normalized spacial score (nSPS) is 12.5. The molecule has 2 aromatic rings. The summed E-state index contributed by atoms with van der Waals surface area (Å²) in [6, 6.07) is 15.1. The van der Waals surface area contributed by atoms with Gasteiger partial charge in [-0.1, -0.05) is 46.3 Å². The molecule has 1 unspecified atom stereocenters. The van der Waals surface area contributed by atoms with Crippen molar-refractivity contribution in [3.8, 4) is 5.75 Å². The molecule has 1 nitrogen and oxygen atoms in total. The smallest absolute Gasteiger partial charge is 0.119 e. The summed E-state index contributed by atoms with van der Waals surface area (Å²) in [5.41, 5.74) is 5.35. The van der Waals surface area contributed by atoms with Crippen LogP contribution in [-0.4, -0.2) is 6.10 Å². The summed E-state index contributed by atoms with van der Waals surface area (Å²) in [6.45, 7) is 8.40. The Balaban J connectivity index is 2.05. The number of benzene rings is 2. The van der Waals surface area contributed by atoms with Gasteiger partial charge < -0.3 is 4.74 Å². The minimum atomic E-state index is 0.214. The number of alkyl halides is 1. The van der Waals surface area contributed by atoms with Gasteiger partial charge in [-0.2, -0.15) is 0 Å². The number of hydrogen-bond acceptors (Lipinski definition) is 1. The van der Waals surface area contributed by atoms with Crippen molar-refractivity contribution in [2.45, 2.75) is 45.0 Å². The van der Waals surface area contributed by atoms with Crippen molar-refractivity contribution in [3.05, 3.63) is 64.7 Å². The van der Waals surface area contributed by atoms with Crippen LogP contribution >= 0.6 is 15.9 Å². The topological polar surface area (TPSA) is 9.23 Å². The Morgan fingerprint density at radius 2 is 1.62 bits per heavy atom. The Kier molecular flexibility index (Phi) is 5.46. The lowest BCUT2D eigenvalue weighted by molar-refractivity contribution is 0.242. The van der Waals surface area contributed by atoms with Crippen LogP contribution in [0.25, 0.3) is 0 Å². The second-order valence-electron chi connectivity index (χ2n) is 5.83. The molecule has 0 fully saturated rings. The van der Waals surface area contributed by atoms with E-state index in [1.54, 1.807) is 0 Å². The van der Waals surface area contributed by atoms with E-state index in [1.165, 1.54) is 22.3 Å². The van der Waals surface area contributed by atoms with E-state index in [-0.39, 0.29) is 6.10 Å². The Hall–Kier alpha value is -1.28. The molecule has 0 aliphatic heterocycles. The van der Waals surface area contributed by atoms with Crippen molar-refractivity contribution in [3.63, 3.8) is 0 Å². The molecule has 21 heavy (non-hydrogen) atoms. The maximum Gasteiger partial charge on any atom is 0.119 e. The predicted molar refractivity (Wildman–Crippen MR) is 93.5 cm³/mol. The van der Waals surface area contributed by atoms with E-state index in [4.69, 9.17) is 4.74 Å². The average molecular weight is 347 g/mol. The Morgan fingerprint density at radius 1 is 0.952 bits per heavy atom. The van der Waals surface area contributed by atoms with E-state index in [0.717, 1.165) is 12.2 Å². The third-order valence-electron chi connectivity index (χ3n) is 3.60. The summed E-state index contributed by atoms with van der Waals surface area (Å²) in [6.07, 6.45) is 1.21. The van der Waals surface area contributed by atoms with Gasteiger partial charge in [-0.25, -0.2) is 0 Å². The first-order valence-electron chi connectivity index (χ1n) is 7.42. The molecule has 1 atom stereocenters. The molecule has 112 valence electrons. The fourth-order valence-electron chi connectivity index (χ4n) is 2.28. The van der Waals surface area contributed by atoms with E-state index >= 15 is 0 Å². The molecular formula is C19H23BrO. The van der Waals surface area contributed by atoms with Gasteiger partial charge in [-0.05, 0) is 68.5 Å². The molecule has 0 aliphatic rings. The summed E-state index contributed by atoms with van der Waals surface area (Å²) in [5, 5.41) is 0. The first-order chi connectivity index (χ1) is 9.95. The number of halogens is 1. The number of hydrogen-bond donors (Lipinski definition) is 0. The largest absolute Gasteiger partial charge is 0.491 e. The molecule has 0 spiro atoms. The lowest BCUT2D eigenvalue weighted by Gasteiger charge is -2.14. The molecule has 0 radical (unpaired) electrons. The quantitative estimate of drug-likeness (QED) is 0.624. The van der Waals surface area contributed by atoms with Crippen molar-refractivity contribution in [2.24, 2.45) is 0 Å². The van der Waals surface area contributed by atoms with Gasteiger partial charge in [-0.15, -0.1) is 0 Å². The summed E-state index contributed by atoms with van der Waals surface area (Å²) >= 11 is 3.80. The van der Waals surface area contributed by atoms with Crippen LogP contribution in [-0.2, 0) is 6.42 Å². The van der Waals surface area contributed by atoms with Crippen molar-refractivity contribution >= 4 is 15.9 Å². The highest BCUT2D eigenvalue weighted by Crippen LogP contribution is 2.29. The second-order valence-corrected chi connectivity index (χ2v) is 6.93. The predicted octanol–water partition coefficient (Wildman–Crippen LogP) is 5.77. The number of aryl methyl sites for hydroxylation is 2. The maximum absolute atomic E-state index is 5.68. The van der Waals surface area contributed by atoms with Crippen molar-refractivity contribution in [2.75, 3.05) is 0 Å². The van der Waals surface area contributed by atoms with Crippen LogP contribution < -0.4 is 4.74 Å². The molecular weight excluding hydrogens is 324 g/mol. The average Bonchev–Trinajstić information content (AvgIpc) is 2.43. The van der Waals surface area contributed by atoms with Gasteiger partial charge in [0.05, 0.1) is 6.10 Å². The lowest BCUT2D eigenvalue weighted by Crippen LogP contribution is -2.05. The van der Waals surface area contributed by atoms with Crippen LogP contribution in [0.1, 0.15) is 40.9 Å². The second kappa shape index (κ2) is 7.13. The molecule has 2 rings (SSSR count). The molecule has 0 amide bonds. The first kappa shape index (κ1) is 16.1. The van der Waals surface area contributed by atoms with Gasteiger partial charge in [0.25, 0.3) is 0 Å². The van der Waals surface area contributed by atoms with Gasteiger partial charge in [0.2, 0.25) is 0 Å². The van der Waals surface area contributed by atoms with Crippen molar-refractivity contribution in [1.82, 2.24) is 0 Å². The van der Waals surface area contributed by atoms with Gasteiger partial charge >= 0.3 is 0 Å². The van der Waals surface area contributed by atoms with E-state index in [9.17, 15) is 0 Å². The van der Waals surface area contributed by atoms with E-state index in [1.807, 2.05) is 26.0 Å². The Bertz CT molecular complexity index is 587.